The molecule has 0 bridgehead atoms. The molecule has 6 rings (SSSR count). The van der Waals surface area contributed by atoms with Crippen molar-refractivity contribution in [2.45, 2.75) is 31.3 Å². The Morgan fingerprint density at radius 1 is 0.714 bits per heavy atom. The normalized spacial score (nSPS) is 16.7. The summed E-state index contributed by atoms with van der Waals surface area (Å²) < 4.78 is 1.42. The van der Waals surface area contributed by atoms with E-state index in [0.29, 0.717) is 0 Å². The van der Waals surface area contributed by atoms with Crippen LogP contribution >= 0.6 is 17.0 Å². The van der Waals surface area contributed by atoms with Gasteiger partial charge < -0.3 is 0 Å². The van der Waals surface area contributed by atoms with E-state index in [1.54, 1.807) is 0 Å². The van der Waals surface area contributed by atoms with E-state index in [-0.39, 0.29) is 3.63 Å². The van der Waals surface area contributed by atoms with E-state index < -0.39 is 27.4 Å². The van der Waals surface area contributed by atoms with Gasteiger partial charge in [0.15, 0.2) is 0 Å². The van der Waals surface area contributed by atoms with Crippen LogP contribution in [0.25, 0.3) is 28.3 Å². The van der Waals surface area contributed by atoms with Crippen LogP contribution in [0.5, 0.6) is 0 Å². The molecule has 2 aliphatic rings. The summed E-state index contributed by atoms with van der Waals surface area (Å²) in [6, 6.07) is 26.7. The van der Waals surface area contributed by atoms with E-state index >= 15 is 0 Å². The number of fused-ring (bicyclic) bond motifs is 4. The molecule has 4 aromatic carbocycles. The minimum atomic E-state index is -3.87. The van der Waals surface area contributed by atoms with Crippen molar-refractivity contribution in [3.8, 4) is 22.3 Å². The fourth-order valence-corrected chi connectivity index (χ4v) is 23.3. The maximum atomic E-state index is 7.67. The summed E-state index contributed by atoms with van der Waals surface area (Å²) in [6.07, 6.45) is 2.37. The number of aryl methyl sites for hydroxylation is 2. The van der Waals surface area contributed by atoms with Gasteiger partial charge >= 0.3 is 224 Å². The summed E-state index contributed by atoms with van der Waals surface area (Å²) in [4.78, 5) is 0. The Hall–Kier alpha value is -1.70. The monoisotopic (exact) mass is 588 g/mol. The molecule has 1 atom stereocenters. The van der Waals surface area contributed by atoms with Crippen molar-refractivity contribution in [3.05, 3.63) is 106 Å². The average Bonchev–Trinajstić information content (AvgIpc) is 3.38. The van der Waals surface area contributed by atoms with Gasteiger partial charge in [0, 0.05) is 0 Å². The standard InChI is InChI=1S/C19H19.C12H9Si.2ClH.Zr/c1-12-10-16-9-8-14(3)19(18(16)11-12)17-7-5-6-13(2)15(17)4;1-3-7-11-9(5-1)10-6-2-4-8-12(10)13-11;;;/h5-11H,1-4H3;1-7H,13H2;2*1H;/q;;;;+2/p-2. The zero-order chi connectivity index (χ0) is 24.5. The van der Waals surface area contributed by atoms with Crippen LogP contribution in [-0.2, 0) is 17.9 Å². The third kappa shape index (κ3) is 3.64. The van der Waals surface area contributed by atoms with E-state index in [1.165, 1.54) is 69.3 Å². The van der Waals surface area contributed by atoms with Crippen LogP contribution in [-0.4, -0.2) is 9.52 Å². The van der Waals surface area contributed by atoms with Crippen molar-refractivity contribution in [3.63, 3.8) is 0 Å². The molecule has 0 aromatic heterocycles. The number of hydrogen-bond donors (Lipinski definition) is 0. The molecule has 35 heavy (non-hydrogen) atoms. The van der Waals surface area contributed by atoms with Gasteiger partial charge in [0.25, 0.3) is 0 Å². The summed E-state index contributed by atoms with van der Waals surface area (Å²) in [5.41, 5.74) is 13.3. The number of halogens is 2. The molecule has 0 N–H and O–H groups in total. The number of rotatable bonds is 3. The molecule has 0 fully saturated rings. The average molecular weight is 591 g/mol. The number of benzene rings is 4. The Morgan fingerprint density at radius 2 is 1.43 bits per heavy atom. The molecule has 1 heterocycles. The molecule has 1 unspecified atom stereocenters. The molecule has 0 spiro atoms. The fraction of sp³-hybridized carbons (Fsp3) is 0.161. The summed E-state index contributed by atoms with van der Waals surface area (Å²) in [5.74, 6) is 0. The van der Waals surface area contributed by atoms with Gasteiger partial charge in [-0.05, 0) is 0 Å². The summed E-state index contributed by atoms with van der Waals surface area (Å²) in [5, 5.41) is 3.00. The summed E-state index contributed by atoms with van der Waals surface area (Å²) >= 11 is -3.87. The molecule has 0 radical (unpaired) electrons. The third-order valence-electron chi connectivity index (χ3n) is 8.07. The van der Waals surface area contributed by atoms with E-state index in [9.17, 15) is 0 Å². The Bertz CT molecular complexity index is 1550. The Labute approximate surface area is 222 Å². The topological polar surface area (TPSA) is 0 Å². The van der Waals surface area contributed by atoms with Crippen molar-refractivity contribution in [1.82, 2.24) is 0 Å². The number of allylic oxidation sites excluding steroid dienone is 1. The zero-order valence-electron chi connectivity index (χ0n) is 20.5. The molecule has 1 aliphatic heterocycles. The second-order valence-electron chi connectivity index (χ2n) is 10.1. The minimum absolute atomic E-state index is 0.122. The quantitative estimate of drug-likeness (QED) is 0.207. The fourth-order valence-electron chi connectivity index (χ4n) is 6.19. The van der Waals surface area contributed by atoms with Gasteiger partial charge in [-0.2, -0.15) is 0 Å². The number of hydrogen-bond acceptors (Lipinski definition) is 0. The SMILES string of the molecule is CC1=Cc2c(ccc(C)c2-c2cccc(C)c2C)[CH]1[Zr]([Cl])([Cl])[c]1cccc2c1[SiH2]c1ccccc1-2. The van der Waals surface area contributed by atoms with Crippen LogP contribution in [0.2, 0.25) is 0 Å². The predicted molar refractivity (Wildman–Crippen MR) is 154 cm³/mol. The van der Waals surface area contributed by atoms with Crippen LogP contribution < -0.4 is 13.6 Å². The first kappa shape index (κ1) is 23.7. The van der Waals surface area contributed by atoms with Gasteiger partial charge in [-0.25, -0.2) is 0 Å². The van der Waals surface area contributed by atoms with Gasteiger partial charge in [-0.15, -0.1) is 0 Å². The molecule has 0 amide bonds. The van der Waals surface area contributed by atoms with Crippen LogP contribution in [0, 0.1) is 20.8 Å². The molecule has 4 aromatic rings. The van der Waals surface area contributed by atoms with Crippen molar-refractivity contribution in [2.75, 3.05) is 0 Å². The van der Waals surface area contributed by atoms with Crippen LogP contribution in [0.1, 0.15) is 38.4 Å². The summed E-state index contributed by atoms with van der Waals surface area (Å²) in [6.45, 7) is 8.88. The van der Waals surface area contributed by atoms with Crippen molar-refractivity contribution < 1.29 is 17.9 Å². The molecule has 0 saturated heterocycles. The van der Waals surface area contributed by atoms with Crippen molar-refractivity contribution in [1.29, 1.82) is 0 Å². The summed E-state index contributed by atoms with van der Waals surface area (Å²) in [7, 11) is 14.7. The Morgan fingerprint density at radius 3 is 2.26 bits per heavy atom. The first-order chi connectivity index (χ1) is 16.8. The molecule has 0 saturated carbocycles. The van der Waals surface area contributed by atoms with E-state index in [4.69, 9.17) is 17.0 Å². The van der Waals surface area contributed by atoms with E-state index in [1.807, 2.05) is 0 Å². The maximum absolute atomic E-state index is 7.67. The first-order valence-corrected chi connectivity index (χ1v) is 22.6. The van der Waals surface area contributed by atoms with Gasteiger partial charge in [0.05, 0.1) is 0 Å². The van der Waals surface area contributed by atoms with Crippen molar-refractivity contribution >= 4 is 46.3 Å². The molecule has 174 valence electrons. The van der Waals surface area contributed by atoms with E-state index in [0.717, 1.165) is 0 Å². The second-order valence-corrected chi connectivity index (χ2v) is 25.9. The van der Waals surface area contributed by atoms with Crippen LogP contribution in [0.3, 0.4) is 0 Å². The predicted octanol–water partition coefficient (Wildman–Crippen LogP) is 6.62. The second kappa shape index (κ2) is 8.70. The molecule has 0 nitrogen and oxygen atoms in total. The Kier molecular flexibility index (Phi) is 5.89. The Balaban J connectivity index is 1.51. The molecular formula is C31H28Cl2SiZr. The molecular weight excluding hydrogens is 563 g/mol. The van der Waals surface area contributed by atoms with E-state index in [2.05, 4.69) is 107 Å². The van der Waals surface area contributed by atoms with Gasteiger partial charge in [0.1, 0.15) is 0 Å². The van der Waals surface area contributed by atoms with Gasteiger partial charge in [-0.3, -0.25) is 0 Å². The van der Waals surface area contributed by atoms with Gasteiger partial charge in [0.2, 0.25) is 0 Å². The van der Waals surface area contributed by atoms with Crippen LogP contribution in [0.4, 0.5) is 0 Å². The van der Waals surface area contributed by atoms with Crippen molar-refractivity contribution in [2.24, 2.45) is 0 Å². The first-order valence-electron chi connectivity index (χ1n) is 12.3. The third-order valence-corrected chi connectivity index (χ3v) is 22.6. The molecule has 1 aliphatic carbocycles. The molecule has 4 heteroatoms. The zero-order valence-corrected chi connectivity index (χ0v) is 25.9. The van der Waals surface area contributed by atoms with Crippen LogP contribution in [0.15, 0.2) is 78.4 Å². The van der Waals surface area contributed by atoms with Gasteiger partial charge in [-0.1, -0.05) is 0 Å².